The van der Waals surface area contributed by atoms with Crippen LogP contribution in [0.25, 0.3) is 0 Å². The molecule has 2 saturated heterocycles. The third-order valence-corrected chi connectivity index (χ3v) is 3.59. The molecule has 2 fully saturated rings. The highest BCUT2D eigenvalue weighted by atomic mass is 16.5. The van der Waals surface area contributed by atoms with Crippen LogP contribution in [-0.4, -0.2) is 40.0 Å². The minimum Gasteiger partial charge on any atom is -0.384 e. The van der Waals surface area contributed by atoms with Gasteiger partial charge in [0, 0.05) is 39.3 Å². The van der Waals surface area contributed by atoms with Gasteiger partial charge in [0.25, 0.3) is 0 Å². The van der Waals surface area contributed by atoms with Crippen LogP contribution >= 0.6 is 0 Å². The number of rotatable bonds is 2. The van der Waals surface area contributed by atoms with E-state index in [0.717, 1.165) is 32.9 Å². The molecule has 0 aliphatic carbocycles. The molecular formula is C10H19NO2. The molecule has 1 unspecified atom stereocenters. The van der Waals surface area contributed by atoms with Crippen LogP contribution in [0, 0.1) is 11.3 Å². The fraction of sp³-hybridized carbons (Fsp3) is 1.00. The van der Waals surface area contributed by atoms with Crippen molar-refractivity contribution in [3.8, 4) is 0 Å². The first-order valence-corrected chi connectivity index (χ1v) is 5.15. The van der Waals surface area contributed by atoms with Crippen molar-refractivity contribution in [1.82, 2.24) is 5.32 Å². The first-order chi connectivity index (χ1) is 6.37. The van der Waals surface area contributed by atoms with Crippen molar-refractivity contribution in [2.75, 3.05) is 40.0 Å². The van der Waals surface area contributed by atoms with Gasteiger partial charge in [-0.2, -0.15) is 0 Å². The highest BCUT2D eigenvalue weighted by molar-refractivity contribution is 4.96. The molecule has 0 saturated carbocycles. The van der Waals surface area contributed by atoms with Crippen molar-refractivity contribution in [2.45, 2.75) is 12.8 Å². The quantitative estimate of drug-likeness (QED) is 0.685. The maximum atomic E-state index is 5.41. The van der Waals surface area contributed by atoms with E-state index < -0.39 is 0 Å². The van der Waals surface area contributed by atoms with E-state index in [2.05, 4.69) is 5.32 Å². The molecule has 76 valence electrons. The Morgan fingerprint density at radius 1 is 1.46 bits per heavy atom. The third-order valence-electron chi connectivity index (χ3n) is 3.59. The fourth-order valence-electron chi connectivity index (χ4n) is 2.66. The number of hydrogen-bond donors (Lipinski definition) is 1. The molecule has 2 aliphatic rings. The number of ether oxygens (including phenoxy) is 2. The molecule has 0 aromatic carbocycles. The predicted octanol–water partition coefficient (Wildman–Crippen LogP) is 0.649. The summed E-state index contributed by atoms with van der Waals surface area (Å²) >= 11 is 0. The molecule has 13 heavy (non-hydrogen) atoms. The van der Waals surface area contributed by atoms with Crippen molar-refractivity contribution in [3.05, 3.63) is 0 Å². The standard InChI is InChI=1S/C10H19NO2/c1-12-7-9-6-11-8-10(9)2-4-13-5-3-10/h9,11H,2-8H2,1H3. The highest BCUT2D eigenvalue weighted by Gasteiger charge is 2.43. The molecular weight excluding hydrogens is 166 g/mol. The molecule has 2 rings (SSSR count). The SMILES string of the molecule is COCC1CNCC12CCOCC2. The lowest BCUT2D eigenvalue weighted by molar-refractivity contribution is -0.0155. The molecule has 0 amide bonds. The largest absolute Gasteiger partial charge is 0.384 e. The highest BCUT2D eigenvalue weighted by Crippen LogP contribution is 2.40. The summed E-state index contributed by atoms with van der Waals surface area (Å²) < 4.78 is 10.7. The van der Waals surface area contributed by atoms with Crippen LogP contribution < -0.4 is 5.32 Å². The van der Waals surface area contributed by atoms with Gasteiger partial charge in [-0.05, 0) is 18.3 Å². The summed E-state index contributed by atoms with van der Waals surface area (Å²) in [6, 6.07) is 0. The van der Waals surface area contributed by atoms with Gasteiger partial charge in [-0.1, -0.05) is 0 Å². The second kappa shape index (κ2) is 3.95. The summed E-state index contributed by atoms with van der Waals surface area (Å²) in [4.78, 5) is 0. The molecule has 3 heteroatoms. The van der Waals surface area contributed by atoms with Gasteiger partial charge in [0.05, 0.1) is 6.61 Å². The lowest BCUT2D eigenvalue weighted by Gasteiger charge is -2.37. The average molecular weight is 185 g/mol. The zero-order valence-electron chi connectivity index (χ0n) is 8.34. The van der Waals surface area contributed by atoms with Gasteiger partial charge in [-0.15, -0.1) is 0 Å². The number of methoxy groups -OCH3 is 1. The molecule has 0 bridgehead atoms. The summed E-state index contributed by atoms with van der Waals surface area (Å²) in [7, 11) is 1.80. The zero-order valence-corrected chi connectivity index (χ0v) is 8.34. The van der Waals surface area contributed by atoms with Gasteiger partial charge in [0.15, 0.2) is 0 Å². The van der Waals surface area contributed by atoms with Crippen LogP contribution in [0.5, 0.6) is 0 Å². The Kier molecular flexibility index (Phi) is 2.86. The molecule has 2 heterocycles. The Morgan fingerprint density at radius 2 is 2.23 bits per heavy atom. The lowest BCUT2D eigenvalue weighted by Crippen LogP contribution is -2.38. The van der Waals surface area contributed by atoms with Crippen molar-refractivity contribution in [3.63, 3.8) is 0 Å². The zero-order chi connectivity index (χ0) is 9.15. The molecule has 2 aliphatic heterocycles. The number of hydrogen-bond acceptors (Lipinski definition) is 3. The molecule has 0 radical (unpaired) electrons. The van der Waals surface area contributed by atoms with Crippen LogP contribution in [0.15, 0.2) is 0 Å². The van der Waals surface area contributed by atoms with E-state index in [4.69, 9.17) is 9.47 Å². The lowest BCUT2D eigenvalue weighted by atomic mass is 9.72. The first-order valence-electron chi connectivity index (χ1n) is 5.15. The Balaban J connectivity index is 2.00. The van der Waals surface area contributed by atoms with E-state index in [9.17, 15) is 0 Å². The van der Waals surface area contributed by atoms with Crippen LogP contribution in [-0.2, 0) is 9.47 Å². The van der Waals surface area contributed by atoms with Crippen molar-refractivity contribution < 1.29 is 9.47 Å². The molecule has 1 atom stereocenters. The van der Waals surface area contributed by atoms with E-state index in [1.54, 1.807) is 7.11 Å². The maximum absolute atomic E-state index is 5.41. The summed E-state index contributed by atoms with van der Waals surface area (Å²) in [5, 5.41) is 3.48. The Hall–Kier alpha value is -0.120. The molecule has 1 N–H and O–H groups in total. The number of nitrogens with one attached hydrogen (secondary N) is 1. The van der Waals surface area contributed by atoms with Gasteiger partial charge >= 0.3 is 0 Å². The van der Waals surface area contributed by atoms with E-state index in [-0.39, 0.29) is 0 Å². The molecule has 1 spiro atoms. The minimum absolute atomic E-state index is 0.480. The molecule has 0 aromatic heterocycles. The topological polar surface area (TPSA) is 30.5 Å². The Morgan fingerprint density at radius 3 is 2.92 bits per heavy atom. The van der Waals surface area contributed by atoms with Gasteiger partial charge in [-0.25, -0.2) is 0 Å². The van der Waals surface area contributed by atoms with Crippen molar-refractivity contribution >= 4 is 0 Å². The molecule has 0 aromatic rings. The third kappa shape index (κ3) is 1.73. The van der Waals surface area contributed by atoms with Gasteiger partial charge in [0.2, 0.25) is 0 Å². The Bertz CT molecular complexity index is 166. The second-order valence-electron chi connectivity index (χ2n) is 4.26. The monoisotopic (exact) mass is 185 g/mol. The Labute approximate surface area is 79.8 Å². The van der Waals surface area contributed by atoms with Crippen molar-refractivity contribution in [1.29, 1.82) is 0 Å². The predicted molar refractivity (Wildman–Crippen MR) is 50.7 cm³/mol. The van der Waals surface area contributed by atoms with Gasteiger partial charge in [0.1, 0.15) is 0 Å². The molecule has 3 nitrogen and oxygen atoms in total. The van der Waals surface area contributed by atoms with Crippen LogP contribution in [0.4, 0.5) is 0 Å². The second-order valence-corrected chi connectivity index (χ2v) is 4.26. The normalized spacial score (nSPS) is 32.5. The maximum Gasteiger partial charge on any atom is 0.0508 e. The summed E-state index contributed by atoms with van der Waals surface area (Å²) in [6.07, 6.45) is 2.40. The van der Waals surface area contributed by atoms with E-state index in [0.29, 0.717) is 11.3 Å². The van der Waals surface area contributed by atoms with Crippen LogP contribution in [0.3, 0.4) is 0 Å². The van der Waals surface area contributed by atoms with E-state index in [1.807, 2.05) is 0 Å². The van der Waals surface area contributed by atoms with Crippen LogP contribution in [0.1, 0.15) is 12.8 Å². The van der Waals surface area contributed by atoms with Gasteiger partial charge in [-0.3, -0.25) is 0 Å². The fourth-order valence-corrected chi connectivity index (χ4v) is 2.66. The first kappa shape index (κ1) is 9.44. The van der Waals surface area contributed by atoms with Gasteiger partial charge < -0.3 is 14.8 Å². The summed E-state index contributed by atoms with van der Waals surface area (Å²) in [6.45, 7) is 5.04. The summed E-state index contributed by atoms with van der Waals surface area (Å²) in [5.74, 6) is 0.696. The van der Waals surface area contributed by atoms with Crippen molar-refractivity contribution in [2.24, 2.45) is 11.3 Å². The minimum atomic E-state index is 0.480. The average Bonchev–Trinajstić information content (AvgIpc) is 2.52. The van der Waals surface area contributed by atoms with E-state index >= 15 is 0 Å². The smallest absolute Gasteiger partial charge is 0.0508 e. The summed E-state index contributed by atoms with van der Waals surface area (Å²) in [5.41, 5.74) is 0.480. The van der Waals surface area contributed by atoms with E-state index in [1.165, 1.54) is 12.8 Å². The van der Waals surface area contributed by atoms with Crippen LogP contribution in [0.2, 0.25) is 0 Å².